The van der Waals surface area contributed by atoms with Crippen LogP contribution in [0.1, 0.15) is 5.69 Å². The first-order chi connectivity index (χ1) is 3.83. The first-order valence-electron chi connectivity index (χ1n) is 2.03. The molecule has 0 aliphatic rings. The zero-order valence-electron chi connectivity index (χ0n) is 3.97. The van der Waals surface area contributed by atoms with E-state index in [-0.39, 0.29) is 12.3 Å². The number of hydrogen-bond donors (Lipinski definition) is 1. The van der Waals surface area contributed by atoms with Crippen LogP contribution >= 0.6 is 0 Å². The van der Waals surface area contributed by atoms with Gasteiger partial charge < -0.3 is 9.52 Å². The number of hydrogen-bond acceptors (Lipinski definition) is 3. The third-order valence-corrected chi connectivity index (χ3v) is 0.686. The Kier molecular flexibility index (Phi) is 1.26. The lowest BCUT2D eigenvalue weighted by atomic mass is 10.5. The third kappa shape index (κ3) is 0.840. The summed E-state index contributed by atoms with van der Waals surface area (Å²) in [6.45, 7) is -0.284. The van der Waals surface area contributed by atoms with E-state index in [1.165, 1.54) is 0 Å². The molecule has 0 saturated carbocycles. The minimum absolute atomic E-state index is 0.211. The Morgan fingerprint density at radius 3 is 2.88 bits per heavy atom. The predicted molar refractivity (Wildman–Crippen MR) is 22.4 cm³/mol. The maximum Gasteiger partial charge on any atom is 0.381 e. The molecule has 0 bridgehead atoms. The maximum absolute atomic E-state index is 11.7. The fraction of sp³-hybridized carbons (Fsp3) is 0.250. The highest BCUT2D eigenvalue weighted by molar-refractivity contribution is 4.87. The van der Waals surface area contributed by atoms with Crippen molar-refractivity contribution in [1.29, 1.82) is 0 Å². The number of aliphatic hydroxyl groups excluding tert-OH is 1. The van der Waals surface area contributed by atoms with Gasteiger partial charge in [-0.2, -0.15) is 4.98 Å². The molecule has 4 heteroatoms. The Labute approximate surface area is 44.8 Å². The van der Waals surface area contributed by atoms with Crippen molar-refractivity contribution in [1.82, 2.24) is 4.98 Å². The van der Waals surface area contributed by atoms with Crippen LogP contribution in [-0.2, 0) is 6.61 Å². The molecule has 1 aromatic heterocycles. The van der Waals surface area contributed by atoms with Gasteiger partial charge in [-0.25, -0.2) is 0 Å². The molecule has 0 saturated heterocycles. The van der Waals surface area contributed by atoms with Gasteiger partial charge in [0, 0.05) is 0 Å². The Morgan fingerprint density at radius 1 is 1.88 bits per heavy atom. The molecule has 44 valence electrons. The number of aliphatic hydroxyl groups is 1. The van der Waals surface area contributed by atoms with Crippen molar-refractivity contribution in [3.63, 3.8) is 0 Å². The molecule has 1 heterocycles. The lowest BCUT2D eigenvalue weighted by Crippen LogP contribution is -1.80. The molecule has 1 aromatic rings. The largest absolute Gasteiger partial charge is 0.423 e. The van der Waals surface area contributed by atoms with E-state index in [4.69, 9.17) is 5.11 Å². The molecule has 3 nitrogen and oxygen atoms in total. The summed E-state index contributed by atoms with van der Waals surface area (Å²) < 4.78 is 15.8. The number of aromatic nitrogens is 1. The first kappa shape index (κ1) is 5.24. The summed E-state index contributed by atoms with van der Waals surface area (Å²) in [6.07, 6.45) is 0.157. The van der Waals surface area contributed by atoms with Gasteiger partial charge in [-0.3, -0.25) is 0 Å². The zero-order chi connectivity index (χ0) is 5.98. The first-order valence-corrected chi connectivity index (χ1v) is 2.03. The van der Waals surface area contributed by atoms with Gasteiger partial charge in [0.25, 0.3) is 0 Å². The van der Waals surface area contributed by atoms with E-state index in [1.807, 2.05) is 0 Å². The maximum atomic E-state index is 11.7. The summed E-state index contributed by atoms with van der Waals surface area (Å²) in [5, 5.41) is 8.26. The van der Waals surface area contributed by atoms with Crippen LogP contribution in [0.5, 0.6) is 0 Å². The average Bonchev–Trinajstić information content (AvgIpc) is 2.14. The second-order valence-electron chi connectivity index (χ2n) is 1.25. The molecular formula is C4H4FNO2. The van der Waals surface area contributed by atoms with Crippen LogP contribution in [0, 0.1) is 6.14 Å². The number of oxazole rings is 1. The van der Waals surface area contributed by atoms with Crippen LogP contribution in [0.2, 0.25) is 0 Å². The van der Waals surface area contributed by atoms with E-state index in [9.17, 15) is 4.39 Å². The summed E-state index contributed by atoms with van der Waals surface area (Å²) in [4.78, 5) is 3.15. The summed E-state index contributed by atoms with van der Waals surface area (Å²) in [6, 6.07) is 0. The molecule has 0 amide bonds. The van der Waals surface area contributed by atoms with Crippen molar-refractivity contribution in [3.05, 3.63) is 18.1 Å². The molecule has 0 atom stereocenters. The SMILES string of the molecule is OCc1coc(F)n1. The molecule has 0 fully saturated rings. The monoisotopic (exact) mass is 117 g/mol. The van der Waals surface area contributed by atoms with Crippen LogP contribution in [0.4, 0.5) is 4.39 Å². The Bertz CT molecular complexity index is 174. The minimum atomic E-state index is -0.908. The van der Waals surface area contributed by atoms with Gasteiger partial charge in [0.05, 0.1) is 6.61 Å². The van der Waals surface area contributed by atoms with Crippen LogP contribution in [0.15, 0.2) is 10.7 Å². The van der Waals surface area contributed by atoms with Crippen LogP contribution in [0.3, 0.4) is 0 Å². The van der Waals surface area contributed by atoms with Crippen molar-refractivity contribution in [3.8, 4) is 0 Å². The summed E-state index contributed by atoms with van der Waals surface area (Å²) in [7, 11) is 0. The molecule has 0 aliphatic heterocycles. The van der Waals surface area contributed by atoms with Gasteiger partial charge in [0.1, 0.15) is 12.0 Å². The lowest BCUT2D eigenvalue weighted by Gasteiger charge is -1.75. The Balaban J connectivity index is 2.84. The minimum Gasteiger partial charge on any atom is -0.423 e. The van der Waals surface area contributed by atoms with E-state index < -0.39 is 6.14 Å². The van der Waals surface area contributed by atoms with Crippen molar-refractivity contribution in [2.75, 3.05) is 0 Å². The third-order valence-electron chi connectivity index (χ3n) is 0.686. The van der Waals surface area contributed by atoms with E-state index in [0.29, 0.717) is 0 Å². The molecule has 0 aliphatic carbocycles. The molecule has 1 rings (SSSR count). The standard InChI is InChI=1S/C4H4FNO2/c5-4-6-3(1-7)2-8-4/h2,7H,1H2. The molecular weight excluding hydrogens is 113 g/mol. The smallest absolute Gasteiger partial charge is 0.381 e. The van der Waals surface area contributed by atoms with Crippen molar-refractivity contribution in [2.45, 2.75) is 6.61 Å². The molecule has 0 aromatic carbocycles. The van der Waals surface area contributed by atoms with E-state index in [2.05, 4.69) is 9.40 Å². The predicted octanol–water partition coefficient (Wildman–Crippen LogP) is 0.306. The summed E-state index contributed by atoms with van der Waals surface area (Å²) in [5.41, 5.74) is 0.211. The number of nitrogens with zero attached hydrogens (tertiary/aromatic N) is 1. The average molecular weight is 117 g/mol. The van der Waals surface area contributed by atoms with Crippen molar-refractivity contribution >= 4 is 0 Å². The van der Waals surface area contributed by atoms with E-state index >= 15 is 0 Å². The number of rotatable bonds is 1. The molecule has 0 radical (unpaired) electrons. The second kappa shape index (κ2) is 1.92. The molecule has 0 spiro atoms. The van der Waals surface area contributed by atoms with Gasteiger partial charge in [-0.05, 0) is 0 Å². The van der Waals surface area contributed by atoms with Gasteiger partial charge in [-0.15, -0.1) is 4.39 Å². The lowest BCUT2D eigenvalue weighted by molar-refractivity contribution is 0.276. The molecule has 8 heavy (non-hydrogen) atoms. The van der Waals surface area contributed by atoms with Gasteiger partial charge in [-0.1, -0.05) is 0 Å². The van der Waals surface area contributed by atoms with Crippen LogP contribution in [-0.4, -0.2) is 10.1 Å². The van der Waals surface area contributed by atoms with Crippen molar-refractivity contribution in [2.24, 2.45) is 0 Å². The fourth-order valence-corrected chi connectivity index (χ4v) is 0.355. The van der Waals surface area contributed by atoms with Crippen LogP contribution < -0.4 is 0 Å². The fourth-order valence-electron chi connectivity index (χ4n) is 0.355. The number of halogens is 1. The normalized spacial score (nSPS) is 9.75. The van der Waals surface area contributed by atoms with Crippen molar-refractivity contribution < 1.29 is 13.9 Å². The van der Waals surface area contributed by atoms with E-state index in [1.54, 1.807) is 0 Å². The Morgan fingerprint density at radius 2 is 2.62 bits per heavy atom. The zero-order valence-corrected chi connectivity index (χ0v) is 3.97. The highest BCUT2D eigenvalue weighted by Crippen LogP contribution is 1.97. The molecule has 0 unspecified atom stereocenters. The summed E-state index contributed by atoms with van der Waals surface area (Å²) >= 11 is 0. The van der Waals surface area contributed by atoms with Gasteiger partial charge in [0.15, 0.2) is 0 Å². The topological polar surface area (TPSA) is 46.3 Å². The van der Waals surface area contributed by atoms with Gasteiger partial charge >= 0.3 is 6.14 Å². The Hall–Kier alpha value is -0.900. The van der Waals surface area contributed by atoms with E-state index in [0.717, 1.165) is 6.26 Å². The highest BCUT2D eigenvalue weighted by Gasteiger charge is 1.97. The highest BCUT2D eigenvalue weighted by atomic mass is 19.1. The quantitative estimate of drug-likeness (QED) is 0.575. The summed E-state index contributed by atoms with van der Waals surface area (Å²) in [5.74, 6) is 0. The van der Waals surface area contributed by atoms with Crippen LogP contribution in [0.25, 0.3) is 0 Å². The van der Waals surface area contributed by atoms with Gasteiger partial charge in [0.2, 0.25) is 0 Å². The molecule has 1 N–H and O–H groups in total. The second-order valence-corrected chi connectivity index (χ2v) is 1.25.